The first-order valence-electron chi connectivity index (χ1n) is 7.16. The van der Waals surface area contributed by atoms with Gasteiger partial charge >= 0.3 is 0 Å². The highest BCUT2D eigenvalue weighted by atomic mass is 79.9. The van der Waals surface area contributed by atoms with Gasteiger partial charge in [0.25, 0.3) is 0 Å². The fourth-order valence-corrected chi connectivity index (χ4v) is 4.52. The molecule has 2 aromatic heterocycles. The van der Waals surface area contributed by atoms with Gasteiger partial charge in [-0.3, -0.25) is 0 Å². The quantitative estimate of drug-likeness (QED) is 0.733. The molecule has 104 valence electrons. The minimum Gasteiger partial charge on any atom is -0.222 e. The summed E-state index contributed by atoms with van der Waals surface area (Å²) in [5.41, 5.74) is 3.27. The summed E-state index contributed by atoms with van der Waals surface area (Å²) in [6.07, 6.45) is 4.73. The standard InChI is InChI=1S/C16H18BrN3/c1-15(2)11-7-8-16(15,3)14-10(11)9-20(19-14)13-6-4-5-12(17)18-13/h4-6,9,11H,7-8H2,1-3H3/t11-,16+/m1/s1. The molecule has 3 nitrogen and oxygen atoms in total. The van der Waals surface area contributed by atoms with Crippen LogP contribution in [0.2, 0.25) is 0 Å². The molecule has 0 N–H and O–H groups in total. The Kier molecular flexibility index (Phi) is 2.34. The number of halogens is 1. The van der Waals surface area contributed by atoms with Gasteiger partial charge in [-0.15, -0.1) is 0 Å². The molecule has 2 aliphatic rings. The highest BCUT2D eigenvalue weighted by molar-refractivity contribution is 9.10. The Labute approximate surface area is 127 Å². The fraction of sp³-hybridized carbons (Fsp3) is 0.500. The summed E-state index contributed by atoms with van der Waals surface area (Å²) >= 11 is 3.43. The molecule has 0 radical (unpaired) electrons. The van der Waals surface area contributed by atoms with Crippen LogP contribution in [0.3, 0.4) is 0 Å². The molecular formula is C16H18BrN3. The van der Waals surface area contributed by atoms with Crippen molar-refractivity contribution in [2.45, 2.75) is 44.9 Å². The van der Waals surface area contributed by atoms with Gasteiger partial charge in [0.15, 0.2) is 5.82 Å². The van der Waals surface area contributed by atoms with E-state index in [4.69, 9.17) is 5.10 Å². The number of nitrogens with zero attached hydrogens (tertiary/aromatic N) is 3. The molecule has 2 bridgehead atoms. The number of hydrogen-bond donors (Lipinski definition) is 0. The van der Waals surface area contributed by atoms with E-state index in [2.05, 4.69) is 47.9 Å². The van der Waals surface area contributed by atoms with E-state index in [0.29, 0.717) is 11.3 Å². The lowest BCUT2D eigenvalue weighted by atomic mass is 9.70. The normalized spacial score (nSPS) is 29.7. The number of aromatic nitrogens is 3. The average molecular weight is 332 g/mol. The molecule has 2 atom stereocenters. The van der Waals surface area contributed by atoms with Crippen LogP contribution in [0, 0.1) is 5.41 Å². The predicted octanol–water partition coefficient (Wildman–Crippen LogP) is 4.20. The third kappa shape index (κ3) is 1.36. The second kappa shape index (κ2) is 3.73. The van der Waals surface area contributed by atoms with E-state index in [1.807, 2.05) is 22.9 Å². The summed E-state index contributed by atoms with van der Waals surface area (Å²) in [7, 11) is 0. The number of pyridine rings is 1. The highest BCUT2D eigenvalue weighted by Gasteiger charge is 2.61. The molecule has 0 saturated heterocycles. The van der Waals surface area contributed by atoms with Crippen LogP contribution < -0.4 is 0 Å². The number of fused-ring (bicyclic) bond motifs is 5. The lowest BCUT2D eigenvalue weighted by molar-refractivity contribution is 0.224. The van der Waals surface area contributed by atoms with E-state index in [1.165, 1.54) is 24.1 Å². The SMILES string of the molecule is CC1(C)[C@@H]2CC[C@@]1(C)c1nn(-c3cccc(Br)n3)cc12. The van der Waals surface area contributed by atoms with E-state index in [1.54, 1.807) is 0 Å². The van der Waals surface area contributed by atoms with Crippen molar-refractivity contribution >= 4 is 15.9 Å². The van der Waals surface area contributed by atoms with Gasteiger partial charge in [-0.25, -0.2) is 9.67 Å². The smallest absolute Gasteiger partial charge is 0.154 e. The lowest BCUT2D eigenvalue weighted by Crippen LogP contribution is -2.32. The van der Waals surface area contributed by atoms with E-state index >= 15 is 0 Å². The summed E-state index contributed by atoms with van der Waals surface area (Å²) in [5.74, 6) is 1.53. The molecule has 4 rings (SSSR count). The third-order valence-electron chi connectivity index (χ3n) is 5.80. The van der Waals surface area contributed by atoms with Crippen LogP contribution in [0.1, 0.15) is 50.8 Å². The van der Waals surface area contributed by atoms with Crippen LogP contribution >= 0.6 is 15.9 Å². The van der Waals surface area contributed by atoms with Crippen molar-refractivity contribution in [2.75, 3.05) is 0 Å². The first kappa shape index (κ1) is 12.6. The zero-order valence-corrected chi connectivity index (χ0v) is 13.6. The minimum atomic E-state index is 0.213. The molecule has 2 heterocycles. The fourth-order valence-electron chi connectivity index (χ4n) is 4.18. The minimum absolute atomic E-state index is 0.213. The molecule has 0 spiro atoms. The molecule has 0 unspecified atom stereocenters. The molecule has 0 aliphatic heterocycles. The second-order valence-electron chi connectivity index (χ2n) is 6.84. The lowest BCUT2D eigenvalue weighted by Gasteiger charge is -2.34. The van der Waals surface area contributed by atoms with E-state index in [9.17, 15) is 0 Å². The van der Waals surface area contributed by atoms with Crippen LogP contribution in [-0.2, 0) is 5.41 Å². The zero-order chi connectivity index (χ0) is 14.1. The maximum Gasteiger partial charge on any atom is 0.154 e. The van der Waals surface area contributed by atoms with Crippen molar-refractivity contribution in [1.82, 2.24) is 14.8 Å². The van der Waals surface area contributed by atoms with Crippen LogP contribution in [0.15, 0.2) is 29.0 Å². The molecule has 0 aromatic carbocycles. The molecule has 2 aromatic rings. The Morgan fingerprint density at radius 2 is 2.10 bits per heavy atom. The van der Waals surface area contributed by atoms with Crippen molar-refractivity contribution in [2.24, 2.45) is 5.41 Å². The Bertz CT molecular complexity index is 703. The highest BCUT2D eigenvalue weighted by Crippen LogP contribution is 2.67. The number of hydrogen-bond acceptors (Lipinski definition) is 2. The van der Waals surface area contributed by atoms with Crippen LogP contribution in [0.5, 0.6) is 0 Å². The molecule has 2 aliphatic carbocycles. The molecular weight excluding hydrogens is 314 g/mol. The molecule has 1 saturated carbocycles. The van der Waals surface area contributed by atoms with Crippen molar-refractivity contribution in [3.63, 3.8) is 0 Å². The summed E-state index contributed by atoms with van der Waals surface area (Å²) < 4.78 is 2.79. The van der Waals surface area contributed by atoms with Gasteiger partial charge < -0.3 is 0 Å². The predicted molar refractivity (Wildman–Crippen MR) is 82.2 cm³/mol. The molecule has 1 fully saturated rings. The Balaban J connectivity index is 1.86. The monoisotopic (exact) mass is 331 g/mol. The van der Waals surface area contributed by atoms with Gasteiger partial charge in [-0.05, 0) is 57.8 Å². The van der Waals surface area contributed by atoms with Crippen LogP contribution in [0.25, 0.3) is 5.82 Å². The van der Waals surface area contributed by atoms with Gasteiger partial charge in [0.05, 0.1) is 5.69 Å². The summed E-state index contributed by atoms with van der Waals surface area (Å²) in [5, 5.41) is 4.89. The second-order valence-corrected chi connectivity index (χ2v) is 7.65. The molecule has 0 amide bonds. The van der Waals surface area contributed by atoms with Crippen molar-refractivity contribution in [3.05, 3.63) is 40.3 Å². The third-order valence-corrected chi connectivity index (χ3v) is 6.24. The van der Waals surface area contributed by atoms with Crippen LogP contribution in [0.4, 0.5) is 0 Å². The average Bonchev–Trinajstić information content (AvgIpc) is 2.96. The van der Waals surface area contributed by atoms with Crippen molar-refractivity contribution in [3.8, 4) is 5.82 Å². The topological polar surface area (TPSA) is 30.7 Å². The van der Waals surface area contributed by atoms with E-state index in [0.717, 1.165) is 10.4 Å². The Morgan fingerprint density at radius 3 is 2.80 bits per heavy atom. The Hall–Kier alpha value is -1.16. The summed E-state index contributed by atoms with van der Waals surface area (Å²) in [4.78, 5) is 4.50. The Morgan fingerprint density at radius 1 is 1.30 bits per heavy atom. The maximum atomic E-state index is 4.89. The van der Waals surface area contributed by atoms with Crippen LogP contribution in [-0.4, -0.2) is 14.8 Å². The summed E-state index contributed by atoms with van der Waals surface area (Å²) in [6, 6.07) is 5.94. The first-order valence-corrected chi connectivity index (χ1v) is 7.96. The zero-order valence-electron chi connectivity index (χ0n) is 12.0. The molecule has 20 heavy (non-hydrogen) atoms. The van der Waals surface area contributed by atoms with Gasteiger partial charge in [-0.1, -0.05) is 26.8 Å². The maximum absolute atomic E-state index is 4.89. The summed E-state index contributed by atoms with van der Waals surface area (Å²) in [6.45, 7) is 7.17. The first-order chi connectivity index (χ1) is 9.43. The van der Waals surface area contributed by atoms with E-state index in [-0.39, 0.29) is 5.41 Å². The molecule has 4 heteroatoms. The van der Waals surface area contributed by atoms with Gasteiger partial charge in [-0.2, -0.15) is 5.10 Å². The number of rotatable bonds is 1. The van der Waals surface area contributed by atoms with Gasteiger partial charge in [0.2, 0.25) is 0 Å². The van der Waals surface area contributed by atoms with Gasteiger partial charge in [0, 0.05) is 11.6 Å². The van der Waals surface area contributed by atoms with Gasteiger partial charge in [0.1, 0.15) is 4.60 Å². The largest absolute Gasteiger partial charge is 0.222 e. The van der Waals surface area contributed by atoms with Crippen molar-refractivity contribution in [1.29, 1.82) is 0 Å². The van der Waals surface area contributed by atoms with E-state index < -0.39 is 0 Å². The van der Waals surface area contributed by atoms with Crippen molar-refractivity contribution < 1.29 is 0 Å².